The number of aromatic nitrogens is 1. The maximum Gasteiger partial charge on any atom is 0.125 e. The van der Waals surface area contributed by atoms with Crippen molar-refractivity contribution >= 4 is 16.3 Å². The van der Waals surface area contributed by atoms with Gasteiger partial charge < -0.3 is 5.32 Å². The minimum absolute atomic E-state index is 0.771. The Morgan fingerprint density at radius 2 is 2.30 bits per heavy atom. The lowest BCUT2D eigenvalue weighted by Crippen LogP contribution is -1.96. The predicted octanol–water partition coefficient (Wildman–Crippen LogP) is 3.99. The third-order valence-corrected chi connectivity index (χ3v) is 4.78. The summed E-state index contributed by atoms with van der Waals surface area (Å²) in [5.41, 5.74) is 4.20. The Morgan fingerprint density at radius 3 is 3.10 bits per heavy atom. The molecule has 1 N–H and O–H groups in total. The van der Waals surface area contributed by atoms with Crippen molar-refractivity contribution in [2.75, 3.05) is 11.9 Å². The highest BCUT2D eigenvalue weighted by atomic mass is 32.1. The number of anilines is 1. The normalized spacial score (nSPS) is 14.0. The van der Waals surface area contributed by atoms with Crippen LogP contribution >= 0.6 is 11.3 Å². The molecule has 3 nitrogen and oxygen atoms in total. The molecule has 1 aliphatic rings. The van der Waals surface area contributed by atoms with Crippen LogP contribution in [0, 0.1) is 11.3 Å². The first-order chi connectivity index (χ1) is 9.81. The third-order valence-electron chi connectivity index (χ3n) is 3.68. The summed E-state index contributed by atoms with van der Waals surface area (Å²) < 4.78 is 0. The Bertz CT molecular complexity index is 643. The van der Waals surface area contributed by atoms with E-state index in [0.29, 0.717) is 0 Å². The largest absolute Gasteiger partial charge is 0.375 e. The summed E-state index contributed by atoms with van der Waals surface area (Å²) in [7, 11) is 0. The number of nitrogens with one attached hydrogen (secondary N) is 1. The van der Waals surface area contributed by atoms with Crippen LogP contribution in [0.15, 0.2) is 18.2 Å². The van der Waals surface area contributed by atoms with Gasteiger partial charge in [-0.1, -0.05) is 24.3 Å². The van der Waals surface area contributed by atoms with Gasteiger partial charge >= 0.3 is 0 Å². The fourth-order valence-corrected chi connectivity index (χ4v) is 3.56. The average Bonchev–Trinajstić information content (AvgIpc) is 2.77. The number of nitriles is 1. The molecule has 0 amide bonds. The predicted molar refractivity (Wildman–Crippen MR) is 83.1 cm³/mol. The fraction of sp³-hybridized carbons (Fsp3) is 0.375. The minimum Gasteiger partial charge on any atom is -0.375 e. The van der Waals surface area contributed by atoms with Crippen LogP contribution in [0.25, 0.3) is 10.6 Å². The maximum atomic E-state index is 9.10. The number of aryl methyl sites for hydroxylation is 2. The van der Waals surface area contributed by atoms with Crippen LogP contribution in [0.3, 0.4) is 0 Å². The molecule has 0 unspecified atom stereocenters. The van der Waals surface area contributed by atoms with Gasteiger partial charge in [-0.2, -0.15) is 5.26 Å². The van der Waals surface area contributed by atoms with E-state index in [0.717, 1.165) is 41.1 Å². The first-order valence-electron chi connectivity index (χ1n) is 7.08. The van der Waals surface area contributed by atoms with Gasteiger partial charge in [0.1, 0.15) is 10.0 Å². The van der Waals surface area contributed by atoms with E-state index in [1.807, 2.05) is 12.1 Å². The topological polar surface area (TPSA) is 48.7 Å². The molecule has 0 atom stereocenters. The molecule has 2 heterocycles. The highest BCUT2D eigenvalue weighted by Gasteiger charge is 2.15. The number of rotatable bonds is 2. The Labute approximate surface area is 123 Å². The van der Waals surface area contributed by atoms with E-state index < -0.39 is 0 Å². The van der Waals surface area contributed by atoms with Gasteiger partial charge in [-0.05, 0) is 43.4 Å². The summed E-state index contributed by atoms with van der Waals surface area (Å²) in [6.07, 6.45) is 4.36. The second-order valence-corrected chi connectivity index (χ2v) is 6.02. The molecule has 0 saturated carbocycles. The maximum absolute atomic E-state index is 9.10. The second kappa shape index (κ2) is 5.64. The molecule has 0 saturated heterocycles. The number of nitrogens with zero attached hydrogens (tertiary/aromatic N) is 2. The number of benzene rings is 1. The molecule has 0 radical (unpaired) electrons. The first-order valence-corrected chi connectivity index (χ1v) is 7.90. The van der Waals surface area contributed by atoms with Crippen LogP contribution in [0.1, 0.15) is 36.6 Å². The van der Waals surface area contributed by atoms with Crippen LogP contribution in [0.4, 0.5) is 5.00 Å². The standard InChI is InChI=1S/C16H17N3S/c1-2-11-9-12(6-7-13(11)10-17)15-19-14-5-3-4-8-18-16(14)20-15/h6-7,9,18H,2-5,8H2,1H3. The van der Waals surface area contributed by atoms with E-state index in [2.05, 4.69) is 24.4 Å². The van der Waals surface area contributed by atoms with Gasteiger partial charge in [0.25, 0.3) is 0 Å². The van der Waals surface area contributed by atoms with Crippen LogP contribution in [-0.2, 0) is 12.8 Å². The lowest BCUT2D eigenvalue weighted by atomic mass is 10.0. The Kier molecular flexibility index (Phi) is 3.70. The van der Waals surface area contributed by atoms with Gasteiger partial charge in [0.2, 0.25) is 0 Å². The van der Waals surface area contributed by atoms with Crippen LogP contribution in [-0.4, -0.2) is 11.5 Å². The van der Waals surface area contributed by atoms with E-state index in [1.54, 1.807) is 11.3 Å². The molecular weight excluding hydrogens is 266 g/mol. The van der Waals surface area contributed by atoms with Crippen molar-refractivity contribution < 1.29 is 0 Å². The van der Waals surface area contributed by atoms with Crippen molar-refractivity contribution in [2.45, 2.75) is 32.6 Å². The van der Waals surface area contributed by atoms with Gasteiger partial charge in [0.05, 0.1) is 17.3 Å². The van der Waals surface area contributed by atoms with Crippen molar-refractivity contribution in [3.05, 3.63) is 35.0 Å². The molecule has 1 aliphatic heterocycles. The summed E-state index contributed by atoms with van der Waals surface area (Å²) in [6.45, 7) is 3.13. The van der Waals surface area contributed by atoms with Crippen molar-refractivity contribution in [3.8, 4) is 16.6 Å². The third kappa shape index (κ3) is 2.41. The first kappa shape index (κ1) is 13.1. The zero-order valence-corrected chi connectivity index (χ0v) is 12.4. The molecule has 0 bridgehead atoms. The smallest absolute Gasteiger partial charge is 0.125 e. The van der Waals surface area contributed by atoms with Gasteiger partial charge in [0.15, 0.2) is 0 Å². The van der Waals surface area contributed by atoms with Crippen molar-refractivity contribution in [2.24, 2.45) is 0 Å². The van der Waals surface area contributed by atoms with E-state index >= 15 is 0 Å². The number of hydrogen-bond donors (Lipinski definition) is 1. The van der Waals surface area contributed by atoms with E-state index in [1.165, 1.54) is 23.5 Å². The van der Waals surface area contributed by atoms with Gasteiger partial charge in [-0.3, -0.25) is 0 Å². The summed E-state index contributed by atoms with van der Waals surface area (Å²) >= 11 is 1.73. The zero-order valence-electron chi connectivity index (χ0n) is 11.6. The molecule has 3 rings (SSSR count). The second-order valence-electron chi connectivity index (χ2n) is 5.02. The summed E-state index contributed by atoms with van der Waals surface area (Å²) in [5, 5.41) is 14.9. The molecule has 1 aromatic heterocycles. The number of hydrogen-bond acceptors (Lipinski definition) is 4. The lowest BCUT2D eigenvalue weighted by molar-refractivity contribution is 0.775. The van der Waals surface area contributed by atoms with Crippen molar-refractivity contribution in [1.29, 1.82) is 5.26 Å². The van der Waals surface area contributed by atoms with Crippen LogP contribution < -0.4 is 5.32 Å². The SMILES string of the molecule is CCc1cc(-c2nc3c(s2)NCCCC3)ccc1C#N. The van der Waals surface area contributed by atoms with Crippen molar-refractivity contribution in [3.63, 3.8) is 0 Å². The zero-order chi connectivity index (χ0) is 13.9. The minimum atomic E-state index is 0.771. The molecular formula is C16H17N3S. The van der Waals surface area contributed by atoms with Crippen LogP contribution in [0.5, 0.6) is 0 Å². The van der Waals surface area contributed by atoms with Crippen LogP contribution in [0.2, 0.25) is 0 Å². The van der Waals surface area contributed by atoms with E-state index in [-0.39, 0.29) is 0 Å². The van der Waals surface area contributed by atoms with Gasteiger partial charge in [0, 0.05) is 12.1 Å². The summed E-state index contributed by atoms with van der Waals surface area (Å²) in [6, 6.07) is 8.28. The monoisotopic (exact) mass is 283 g/mol. The van der Waals surface area contributed by atoms with E-state index in [9.17, 15) is 0 Å². The molecule has 4 heteroatoms. The van der Waals surface area contributed by atoms with E-state index in [4.69, 9.17) is 10.2 Å². The molecule has 0 spiro atoms. The van der Waals surface area contributed by atoms with Gasteiger partial charge in [-0.15, -0.1) is 0 Å². The molecule has 1 aromatic carbocycles. The molecule has 0 fully saturated rings. The molecule has 20 heavy (non-hydrogen) atoms. The highest BCUT2D eigenvalue weighted by molar-refractivity contribution is 7.19. The number of fused-ring (bicyclic) bond motifs is 1. The number of thiazole rings is 1. The highest BCUT2D eigenvalue weighted by Crippen LogP contribution is 2.34. The molecule has 0 aliphatic carbocycles. The Hall–Kier alpha value is -1.86. The Balaban J connectivity index is 1.99. The molecule has 102 valence electrons. The Morgan fingerprint density at radius 1 is 1.40 bits per heavy atom. The summed E-state index contributed by atoms with van der Waals surface area (Å²) in [4.78, 5) is 4.79. The quantitative estimate of drug-likeness (QED) is 0.906. The summed E-state index contributed by atoms with van der Waals surface area (Å²) in [5.74, 6) is 0. The van der Waals surface area contributed by atoms with Gasteiger partial charge in [-0.25, -0.2) is 4.98 Å². The molecule has 2 aromatic rings. The van der Waals surface area contributed by atoms with Crippen molar-refractivity contribution in [1.82, 2.24) is 4.98 Å². The lowest BCUT2D eigenvalue weighted by Gasteiger charge is -2.03. The average molecular weight is 283 g/mol. The fourth-order valence-electron chi connectivity index (χ4n) is 2.53.